The first-order valence-corrected chi connectivity index (χ1v) is 11.4. The van der Waals surface area contributed by atoms with Crippen LogP contribution in [0.15, 0.2) is 35.7 Å². The van der Waals surface area contributed by atoms with E-state index in [1.54, 1.807) is 16.2 Å². The minimum atomic E-state index is -0.484. The summed E-state index contributed by atoms with van der Waals surface area (Å²) in [4.78, 5) is 30.7. The highest BCUT2D eigenvalue weighted by Gasteiger charge is 2.35. The molecule has 0 saturated heterocycles. The summed E-state index contributed by atoms with van der Waals surface area (Å²) >= 11 is 1.72. The van der Waals surface area contributed by atoms with Gasteiger partial charge in [0.15, 0.2) is 0 Å². The van der Waals surface area contributed by atoms with Crippen molar-refractivity contribution in [3.05, 3.63) is 51.7 Å². The monoisotopic (exact) mass is 444 g/mol. The van der Waals surface area contributed by atoms with Crippen LogP contribution in [0, 0.1) is 6.92 Å². The highest BCUT2D eigenvalue weighted by Crippen LogP contribution is 2.34. The molecule has 0 radical (unpaired) electrons. The summed E-state index contributed by atoms with van der Waals surface area (Å²) in [5.41, 5.74) is 1.83. The number of fused-ring (bicyclic) bond motifs is 1. The molecule has 1 aromatic heterocycles. The first-order valence-electron chi connectivity index (χ1n) is 10.6. The molecular formula is C24H32N2O4S. The molecule has 0 bridgehead atoms. The number of amides is 2. The summed E-state index contributed by atoms with van der Waals surface area (Å²) in [7, 11) is 1.49. The van der Waals surface area contributed by atoms with E-state index in [0.29, 0.717) is 13.2 Å². The van der Waals surface area contributed by atoms with Crippen LogP contribution in [0.3, 0.4) is 0 Å². The average molecular weight is 445 g/mol. The smallest absolute Gasteiger partial charge is 0.249 e. The number of carbonyl (C=O) groups is 2. The normalized spacial score (nSPS) is 16.0. The second-order valence-corrected chi connectivity index (χ2v) is 9.86. The maximum absolute atomic E-state index is 13.4. The molecule has 1 atom stereocenters. The van der Waals surface area contributed by atoms with Crippen LogP contribution in [-0.4, -0.2) is 60.6 Å². The average Bonchev–Trinajstić information content (AvgIpc) is 3.19. The Morgan fingerprint density at radius 1 is 1.19 bits per heavy atom. The van der Waals surface area contributed by atoms with Crippen molar-refractivity contribution in [3.8, 4) is 5.75 Å². The lowest BCUT2D eigenvalue weighted by molar-refractivity contribution is -0.148. The number of hydrogen-bond donors (Lipinski definition) is 0. The predicted octanol–water partition coefficient (Wildman–Crippen LogP) is 3.83. The van der Waals surface area contributed by atoms with Crippen LogP contribution < -0.4 is 4.74 Å². The third-order valence-electron chi connectivity index (χ3n) is 5.52. The molecule has 0 spiro atoms. The number of rotatable bonds is 7. The number of ether oxygens (including phenoxy) is 2. The molecule has 1 aromatic carbocycles. The van der Waals surface area contributed by atoms with E-state index in [4.69, 9.17) is 9.47 Å². The number of hydrogen-bond acceptors (Lipinski definition) is 5. The van der Waals surface area contributed by atoms with Gasteiger partial charge in [-0.1, -0.05) is 17.7 Å². The minimum absolute atomic E-state index is 0.0200. The van der Waals surface area contributed by atoms with Gasteiger partial charge in [0.25, 0.3) is 0 Å². The van der Waals surface area contributed by atoms with Gasteiger partial charge in [-0.2, -0.15) is 0 Å². The lowest BCUT2D eigenvalue weighted by Crippen LogP contribution is -2.53. The van der Waals surface area contributed by atoms with Crippen LogP contribution in [0.1, 0.15) is 42.8 Å². The Morgan fingerprint density at radius 2 is 1.90 bits per heavy atom. The fourth-order valence-electron chi connectivity index (χ4n) is 3.81. The molecule has 1 unspecified atom stereocenters. The Morgan fingerprint density at radius 3 is 2.55 bits per heavy atom. The topological polar surface area (TPSA) is 59.1 Å². The Balaban J connectivity index is 1.79. The number of methoxy groups -OCH3 is 1. The first kappa shape index (κ1) is 23.3. The summed E-state index contributed by atoms with van der Waals surface area (Å²) in [6.07, 6.45) is 0.821. The van der Waals surface area contributed by atoms with Crippen molar-refractivity contribution < 1.29 is 19.1 Å². The second-order valence-electron chi connectivity index (χ2n) is 8.86. The van der Waals surface area contributed by atoms with Crippen LogP contribution in [0.2, 0.25) is 0 Å². The molecule has 6 nitrogen and oxygen atoms in total. The fourth-order valence-corrected chi connectivity index (χ4v) is 4.74. The van der Waals surface area contributed by atoms with E-state index in [2.05, 4.69) is 11.4 Å². The standard InChI is InChI=1S/C24H32N2O4S/c1-17-6-8-18(9-7-17)30-15-20-19-11-13-31-21(19)10-12-25(20)22(27)14-26(24(2,3)4)23(28)16-29-5/h6-9,11,13,20H,10,12,14-16H2,1-5H3. The van der Waals surface area contributed by atoms with Crippen LogP contribution in [0.5, 0.6) is 5.75 Å². The van der Waals surface area contributed by atoms with Gasteiger partial charge in [-0.3, -0.25) is 9.59 Å². The zero-order valence-corrected chi connectivity index (χ0v) is 19.8. The fraction of sp³-hybridized carbons (Fsp3) is 0.500. The van der Waals surface area contributed by atoms with E-state index < -0.39 is 5.54 Å². The Labute approximate surface area is 188 Å². The summed E-state index contributed by atoms with van der Waals surface area (Å²) in [6, 6.07) is 9.83. The third-order valence-corrected chi connectivity index (χ3v) is 6.51. The van der Waals surface area contributed by atoms with Gasteiger partial charge in [-0.15, -0.1) is 11.3 Å². The number of carbonyl (C=O) groups excluding carboxylic acids is 2. The lowest BCUT2D eigenvalue weighted by atomic mass is 10.00. The minimum Gasteiger partial charge on any atom is -0.491 e. The molecule has 0 fully saturated rings. The van der Waals surface area contributed by atoms with Crippen molar-refractivity contribution in [2.45, 2.75) is 45.7 Å². The SMILES string of the molecule is COCC(=O)N(CC(=O)N1CCc2sccc2C1COc1ccc(C)cc1)C(C)(C)C. The molecule has 168 valence electrons. The zero-order chi connectivity index (χ0) is 22.6. The number of aryl methyl sites for hydroxylation is 1. The molecule has 1 aliphatic heterocycles. The zero-order valence-electron chi connectivity index (χ0n) is 19.0. The summed E-state index contributed by atoms with van der Waals surface area (Å²) in [5.74, 6) is 0.518. The summed E-state index contributed by atoms with van der Waals surface area (Å²) in [5, 5.41) is 2.07. The van der Waals surface area contributed by atoms with E-state index in [9.17, 15) is 9.59 Å². The van der Waals surface area contributed by atoms with Crippen LogP contribution in [-0.2, 0) is 20.7 Å². The lowest BCUT2D eigenvalue weighted by Gasteiger charge is -2.40. The number of nitrogens with zero attached hydrogens (tertiary/aromatic N) is 2. The van der Waals surface area contributed by atoms with Gasteiger partial charge in [-0.25, -0.2) is 0 Å². The van der Waals surface area contributed by atoms with E-state index in [1.807, 2.05) is 56.9 Å². The molecule has 0 aliphatic carbocycles. The van der Waals surface area contributed by atoms with Gasteiger partial charge >= 0.3 is 0 Å². The quantitative estimate of drug-likeness (QED) is 0.651. The number of thiophene rings is 1. The molecule has 2 amide bonds. The van der Waals surface area contributed by atoms with E-state index in [0.717, 1.165) is 17.7 Å². The van der Waals surface area contributed by atoms with Crippen LogP contribution in [0.25, 0.3) is 0 Å². The van der Waals surface area contributed by atoms with Crippen molar-refractivity contribution in [1.29, 1.82) is 0 Å². The van der Waals surface area contributed by atoms with Gasteiger partial charge in [0.2, 0.25) is 11.8 Å². The molecule has 0 saturated carbocycles. The molecule has 2 heterocycles. The summed E-state index contributed by atoms with van der Waals surface area (Å²) in [6.45, 7) is 8.79. The van der Waals surface area contributed by atoms with Gasteiger partial charge in [0.1, 0.15) is 25.5 Å². The van der Waals surface area contributed by atoms with Gasteiger partial charge in [-0.05, 0) is 63.3 Å². The largest absolute Gasteiger partial charge is 0.491 e. The van der Waals surface area contributed by atoms with E-state index >= 15 is 0 Å². The third kappa shape index (κ3) is 5.66. The van der Waals surface area contributed by atoms with Crippen LogP contribution >= 0.6 is 11.3 Å². The highest BCUT2D eigenvalue weighted by molar-refractivity contribution is 7.10. The van der Waals surface area contributed by atoms with Crippen molar-refractivity contribution >= 4 is 23.2 Å². The van der Waals surface area contributed by atoms with Crippen molar-refractivity contribution in [2.24, 2.45) is 0 Å². The highest BCUT2D eigenvalue weighted by atomic mass is 32.1. The first-order chi connectivity index (χ1) is 14.7. The summed E-state index contributed by atoms with van der Waals surface area (Å²) < 4.78 is 11.1. The van der Waals surface area contributed by atoms with Crippen molar-refractivity contribution in [2.75, 3.05) is 33.4 Å². The Kier molecular flexibility index (Phi) is 7.38. The van der Waals surface area contributed by atoms with Crippen LogP contribution in [0.4, 0.5) is 0 Å². The molecule has 31 heavy (non-hydrogen) atoms. The maximum atomic E-state index is 13.4. The van der Waals surface area contributed by atoms with Gasteiger partial charge in [0, 0.05) is 24.1 Å². The van der Waals surface area contributed by atoms with Crippen molar-refractivity contribution in [3.63, 3.8) is 0 Å². The molecule has 1 aliphatic rings. The molecule has 7 heteroatoms. The van der Waals surface area contributed by atoms with E-state index in [1.165, 1.54) is 17.6 Å². The second kappa shape index (κ2) is 9.83. The van der Waals surface area contributed by atoms with E-state index in [-0.39, 0.29) is 31.0 Å². The molecule has 0 N–H and O–H groups in total. The van der Waals surface area contributed by atoms with Gasteiger partial charge < -0.3 is 19.3 Å². The number of benzene rings is 1. The van der Waals surface area contributed by atoms with Crippen molar-refractivity contribution in [1.82, 2.24) is 9.80 Å². The Bertz CT molecular complexity index is 901. The van der Waals surface area contributed by atoms with Gasteiger partial charge in [0.05, 0.1) is 6.04 Å². The molecular weight excluding hydrogens is 412 g/mol. The molecule has 2 aromatic rings. The predicted molar refractivity (Wildman–Crippen MR) is 122 cm³/mol. The Hall–Kier alpha value is -2.38. The molecule has 3 rings (SSSR count). The maximum Gasteiger partial charge on any atom is 0.249 e.